The van der Waals surface area contributed by atoms with E-state index in [1.807, 2.05) is 13.0 Å². The van der Waals surface area contributed by atoms with Gasteiger partial charge >= 0.3 is 5.97 Å². The molecule has 0 aliphatic heterocycles. The van der Waals surface area contributed by atoms with Crippen molar-refractivity contribution < 1.29 is 14.3 Å². The highest BCUT2D eigenvalue weighted by atomic mass is 32.2. The largest absolute Gasteiger partial charge is 0.478 e. The third-order valence-electron chi connectivity index (χ3n) is 2.39. The predicted molar refractivity (Wildman–Crippen MR) is 68.7 cm³/mol. The Balaban J connectivity index is 2.37. The summed E-state index contributed by atoms with van der Waals surface area (Å²) in [4.78, 5) is 12.4. The van der Waals surface area contributed by atoms with Crippen molar-refractivity contribution in [3.63, 3.8) is 0 Å². The Morgan fingerprint density at radius 1 is 1.22 bits per heavy atom. The van der Waals surface area contributed by atoms with Crippen molar-refractivity contribution in [1.29, 1.82) is 0 Å². The molecule has 0 amide bonds. The quantitative estimate of drug-likeness (QED) is 0.909. The molecule has 92 valence electrons. The van der Waals surface area contributed by atoms with Crippen molar-refractivity contribution in [3.05, 3.63) is 59.4 Å². The maximum atomic E-state index is 13.1. The maximum absolute atomic E-state index is 13.1. The Kier molecular flexibility index (Phi) is 3.67. The second-order valence-electron chi connectivity index (χ2n) is 3.86. The van der Waals surface area contributed by atoms with Gasteiger partial charge in [0, 0.05) is 9.79 Å². The number of benzene rings is 2. The molecule has 0 aliphatic rings. The van der Waals surface area contributed by atoms with Crippen molar-refractivity contribution in [2.45, 2.75) is 16.7 Å². The third kappa shape index (κ3) is 2.90. The van der Waals surface area contributed by atoms with E-state index in [4.69, 9.17) is 5.11 Å². The van der Waals surface area contributed by atoms with E-state index in [0.29, 0.717) is 9.79 Å². The summed E-state index contributed by atoms with van der Waals surface area (Å²) < 4.78 is 13.1. The highest BCUT2D eigenvalue weighted by Gasteiger charge is 2.11. The summed E-state index contributed by atoms with van der Waals surface area (Å²) in [5, 5.41) is 9.14. The van der Waals surface area contributed by atoms with E-state index >= 15 is 0 Å². The van der Waals surface area contributed by atoms with Gasteiger partial charge in [0.05, 0.1) is 5.56 Å². The summed E-state index contributed by atoms with van der Waals surface area (Å²) in [6.07, 6.45) is 0. The average Bonchev–Trinajstić information content (AvgIpc) is 2.31. The molecule has 18 heavy (non-hydrogen) atoms. The van der Waals surface area contributed by atoms with Gasteiger partial charge in [-0.3, -0.25) is 0 Å². The number of carboxylic acid groups (broad SMARTS) is 1. The summed E-state index contributed by atoms with van der Waals surface area (Å²) in [5.74, 6) is -1.30. The van der Waals surface area contributed by atoms with E-state index in [2.05, 4.69) is 0 Å². The zero-order valence-corrected chi connectivity index (χ0v) is 10.5. The van der Waals surface area contributed by atoms with Gasteiger partial charge in [0.15, 0.2) is 0 Å². The Bertz CT molecular complexity index is 596. The summed E-state index contributed by atoms with van der Waals surface area (Å²) >= 11 is 1.24. The van der Waals surface area contributed by atoms with E-state index in [0.717, 1.165) is 5.56 Å². The van der Waals surface area contributed by atoms with E-state index in [1.165, 1.54) is 23.9 Å². The number of aromatic carboxylic acids is 1. The Hall–Kier alpha value is -1.81. The molecule has 0 fully saturated rings. The first-order chi connectivity index (χ1) is 8.56. The minimum Gasteiger partial charge on any atom is -0.478 e. The smallest absolute Gasteiger partial charge is 0.336 e. The fourth-order valence-electron chi connectivity index (χ4n) is 1.56. The summed E-state index contributed by atoms with van der Waals surface area (Å²) in [6, 6.07) is 11.3. The fraction of sp³-hybridized carbons (Fsp3) is 0.0714. The summed E-state index contributed by atoms with van der Waals surface area (Å²) in [5.41, 5.74) is 1.13. The number of rotatable bonds is 3. The first kappa shape index (κ1) is 12.6. The van der Waals surface area contributed by atoms with Gasteiger partial charge < -0.3 is 5.11 Å². The maximum Gasteiger partial charge on any atom is 0.336 e. The second-order valence-corrected chi connectivity index (χ2v) is 4.98. The van der Waals surface area contributed by atoms with E-state index in [-0.39, 0.29) is 11.4 Å². The summed E-state index contributed by atoms with van der Waals surface area (Å²) in [6.45, 7) is 1.84. The predicted octanol–water partition coefficient (Wildman–Crippen LogP) is 3.98. The van der Waals surface area contributed by atoms with Gasteiger partial charge in [0.1, 0.15) is 5.82 Å². The van der Waals surface area contributed by atoms with Crippen LogP contribution in [-0.4, -0.2) is 11.1 Å². The van der Waals surface area contributed by atoms with Crippen LogP contribution in [0.3, 0.4) is 0 Å². The molecule has 0 aromatic heterocycles. The minimum atomic E-state index is -0.974. The molecular formula is C14H11FO2S. The number of carbonyl (C=O) groups is 1. The zero-order chi connectivity index (χ0) is 13.1. The van der Waals surface area contributed by atoms with Gasteiger partial charge in [-0.1, -0.05) is 29.5 Å². The lowest BCUT2D eigenvalue weighted by Gasteiger charge is -2.07. The van der Waals surface area contributed by atoms with E-state index in [9.17, 15) is 9.18 Å². The number of hydrogen-bond acceptors (Lipinski definition) is 2. The van der Waals surface area contributed by atoms with Crippen molar-refractivity contribution in [2.24, 2.45) is 0 Å². The molecule has 0 aliphatic carbocycles. The van der Waals surface area contributed by atoms with Gasteiger partial charge in [-0.25, -0.2) is 9.18 Å². The lowest BCUT2D eigenvalue weighted by Crippen LogP contribution is -1.99. The van der Waals surface area contributed by atoms with Crippen LogP contribution in [0.4, 0.5) is 4.39 Å². The van der Waals surface area contributed by atoms with Gasteiger partial charge in [-0.2, -0.15) is 0 Å². The SMILES string of the molecule is Cc1ccc(Sc2cccc(F)c2)c(C(=O)O)c1. The average molecular weight is 262 g/mol. The van der Waals surface area contributed by atoms with Crippen LogP contribution in [0, 0.1) is 12.7 Å². The minimum absolute atomic E-state index is 0.240. The van der Waals surface area contributed by atoms with Crippen LogP contribution in [0.15, 0.2) is 52.3 Å². The van der Waals surface area contributed by atoms with Crippen molar-refractivity contribution in [2.75, 3.05) is 0 Å². The summed E-state index contributed by atoms with van der Waals surface area (Å²) in [7, 11) is 0. The molecule has 4 heteroatoms. The zero-order valence-electron chi connectivity index (χ0n) is 9.68. The van der Waals surface area contributed by atoms with Crippen molar-refractivity contribution in [1.82, 2.24) is 0 Å². The third-order valence-corrected chi connectivity index (χ3v) is 3.45. The number of halogens is 1. The number of aryl methyl sites for hydroxylation is 1. The highest BCUT2D eigenvalue weighted by molar-refractivity contribution is 7.99. The van der Waals surface area contributed by atoms with Crippen LogP contribution in [-0.2, 0) is 0 Å². The van der Waals surface area contributed by atoms with E-state index in [1.54, 1.807) is 24.3 Å². The Labute approximate surface area is 108 Å². The topological polar surface area (TPSA) is 37.3 Å². The Morgan fingerprint density at radius 3 is 2.67 bits per heavy atom. The van der Waals surface area contributed by atoms with Crippen LogP contribution in [0.5, 0.6) is 0 Å². The fourth-order valence-corrected chi connectivity index (χ4v) is 2.52. The molecule has 0 bridgehead atoms. The molecule has 0 heterocycles. The highest BCUT2D eigenvalue weighted by Crippen LogP contribution is 2.31. The molecule has 1 N–H and O–H groups in total. The Morgan fingerprint density at radius 2 is 2.00 bits per heavy atom. The molecule has 0 saturated heterocycles. The monoisotopic (exact) mass is 262 g/mol. The van der Waals surface area contributed by atoms with Gasteiger partial charge in [-0.15, -0.1) is 0 Å². The van der Waals surface area contributed by atoms with Crippen LogP contribution < -0.4 is 0 Å². The normalized spacial score (nSPS) is 10.3. The first-order valence-corrected chi connectivity index (χ1v) is 6.15. The van der Waals surface area contributed by atoms with Crippen LogP contribution >= 0.6 is 11.8 Å². The number of hydrogen-bond donors (Lipinski definition) is 1. The van der Waals surface area contributed by atoms with Crippen LogP contribution in [0.25, 0.3) is 0 Å². The van der Waals surface area contributed by atoms with Gasteiger partial charge in [-0.05, 0) is 37.3 Å². The first-order valence-electron chi connectivity index (χ1n) is 5.33. The van der Waals surface area contributed by atoms with Gasteiger partial charge in [0.25, 0.3) is 0 Å². The number of carboxylic acids is 1. The van der Waals surface area contributed by atoms with Crippen LogP contribution in [0.2, 0.25) is 0 Å². The second kappa shape index (κ2) is 5.23. The molecule has 2 rings (SSSR count). The molecule has 2 aromatic rings. The molecular weight excluding hydrogens is 251 g/mol. The lowest BCUT2D eigenvalue weighted by molar-refractivity contribution is 0.0693. The van der Waals surface area contributed by atoms with E-state index < -0.39 is 5.97 Å². The molecule has 0 atom stereocenters. The molecule has 0 unspecified atom stereocenters. The lowest BCUT2D eigenvalue weighted by atomic mass is 10.1. The van der Waals surface area contributed by atoms with Crippen molar-refractivity contribution in [3.8, 4) is 0 Å². The van der Waals surface area contributed by atoms with Crippen LogP contribution in [0.1, 0.15) is 15.9 Å². The molecule has 2 nitrogen and oxygen atoms in total. The van der Waals surface area contributed by atoms with Gasteiger partial charge in [0.2, 0.25) is 0 Å². The standard InChI is InChI=1S/C14H11FO2S/c1-9-5-6-13(12(7-9)14(16)17)18-11-4-2-3-10(15)8-11/h2-8H,1H3,(H,16,17). The van der Waals surface area contributed by atoms with Crippen molar-refractivity contribution >= 4 is 17.7 Å². The molecule has 0 spiro atoms. The molecule has 0 saturated carbocycles. The molecule has 0 radical (unpaired) electrons. The molecule has 2 aromatic carbocycles.